The molecule has 7 nitrogen and oxygen atoms in total. The van der Waals surface area contributed by atoms with Gasteiger partial charge in [-0.3, -0.25) is 0 Å². The van der Waals surface area contributed by atoms with Gasteiger partial charge in [0.15, 0.2) is 11.6 Å². The van der Waals surface area contributed by atoms with E-state index in [-0.39, 0.29) is 0 Å². The molecule has 1 aromatic carbocycles. The second-order valence-corrected chi connectivity index (χ2v) is 9.31. The fourth-order valence-corrected chi connectivity index (χ4v) is 5.36. The average Bonchev–Trinajstić information content (AvgIpc) is 3.68. The lowest BCUT2D eigenvalue weighted by molar-refractivity contribution is 0.0649. The van der Waals surface area contributed by atoms with Crippen molar-refractivity contribution >= 4 is 17.5 Å². The second kappa shape index (κ2) is 9.33. The molecule has 1 saturated carbocycles. The van der Waals surface area contributed by atoms with Crippen LogP contribution in [0.5, 0.6) is 5.75 Å². The van der Waals surface area contributed by atoms with Crippen LogP contribution in [0.3, 0.4) is 0 Å². The van der Waals surface area contributed by atoms with Crippen LogP contribution in [0.1, 0.15) is 62.0 Å². The van der Waals surface area contributed by atoms with Gasteiger partial charge in [0.25, 0.3) is 0 Å². The number of anilines is 3. The van der Waals surface area contributed by atoms with Crippen molar-refractivity contribution in [3.8, 4) is 11.8 Å². The van der Waals surface area contributed by atoms with Gasteiger partial charge in [-0.25, -0.2) is 4.98 Å². The first-order chi connectivity index (χ1) is 15.7. The topological polar surface area (TPSA) is 86.1 Å². The standard InChI is InChI=1S/C25H32N6O/c1-32-23-16-28-25(29-20-9-10-21(17-7-8-17)19(13-20)14-26)30-24(23)27-15-18-5-4-12-31-11-3-2-6-22(18)31/h9-10,13,16-18,22H,2-8,11-12,15H2,1H3,(H2,27,28,29,30). The number of methoxy groups -OCH3 is 1. The van der Waals surface area contributed by atoms with Crippen LogP contribution in [0.25, 0.3) is 0 Å². The van der Waals surface area contributed by atoms with Gasteiger partial charge < -0.3 is 20.3 Å². The number of hydrogen-bond donors (Lipinski definition) is 2. The van der Waals surface area contributed by atoms with Crippen LogP contribution in [-0.4, -0.2) is 47.7 Å². The van der Waals surface area contributed by atoms with Crippen molar-refractivity contribution in [2.24, 2.45) is 5.92 Å². The van der Waals surface area contributed by atoms with E-state index in [0.29, 0.717) is 35.4 Å². The molecular weight excluding hydrogens is 400 g/mol. The monoisotopic (exact) mass is 432 g/mol. The molecule has 32 heavy (non-hydrogen) atoms. The summed E-state index contributed by atoms with van der Waals surface area (Å²) in [5.74, 6) is 3.04. The van der Waals surface area contributed by atoms with E-state index in [1.54, 1.807) is 13.3 Å². The van der Waals surface area contributed by atoms with E-state index >= 15 is 0 Å². The average molecular weight is 433 g/mol. The molecule has 3 heterocycles. The van der Waals surface area contributed by atoms with Gasteiger partial charge in [-0.05, 0) is 81.1 Å². The molecule has 2 aromatic rings. The summed E-state index contributed by atoms with van der Waals surface area (Å²) in [4.78, 5) is 11.8. The highest BCUT2D eigenvalue weighted by atomic mass is 16.5. The minimum Gasteiger partial charge on any atom is -0.491 e. The Kier molecular flexibility index (Phi) is 6.13. The Morgan fingerprint density at radius 2 is 2.03 bits per heavy atom. The molecule has 0 radical (unpaired) electrons. The SMILES string of the molecule is COc1cnc(Nc2ccc(C3CC3)c(C#N)c2)nc1NCC1CCCN2CCCCC12. The molecule has 7 heteroatoms. The van der Waals surface area contributed by atoms with Crippen LogP contribution in [0.15, 0.2) is 24.4 Å². The van der Waals surface area contributed by atoms with E-state index in [9.17, 15) is 5.26 Å². The largest absolute Gasteiger partial charge is 0.491 e. The maximum absolute atomic E-state index is 9.54. The van der Waals surface area contributed by atoms with Crippen molar-refractivity contribution < 1.29 is 4.74 Å². The van der Waals surface area contributed by atoms with Crippen molar-refractivity contribution in [3.05, 3.63) is 35.5 Å². The summed E-state index contributed by atoms with van der Waals surface area (Å²) >= 11 is 0. The van der Waals surface area contributed by atoms with Gasteiger partial charge in [0.1, 0.15) is 0 Å². The van der Waals surface area contributed by atoms with Gasteiger partial charge in [0.2, 0.25) is 5.95 Å². The van der Waals surface area contributed by atoms with Gasteiger partial charge in [-0.1, -0.05) is 12.5 Å². The Labute approximate surface area is 190 Å². The fourth-order valence-electron chi connectivity index (χ4n) is 5.36. The zero-order chi connectivity index (χ0) is 21.9. The summed E-state index contributed by atoms with van der Waals surface area (Å²) in [5.41, 5.74) is 2.71. The first-order valence-electron chi connectivity index (χ1n) is 11.9. The van der Waals surface area contributed by atoms with Crippen LogP contribution in [-0.2, 0) is 0 Å². The molecule has 3 aliphatic rings. The quantitative estimate of drug-likeness (QED) is 0.658. The number of piperidine rings is 2. The predicted molar refractivity (Wildman–Crippen MR) is 125 cm³/mol. The van der Waals surface area contributed by atoms with Crippen LogP contribution >= 0.6 is 0 Å². The molecule has 0 bridgehead atoms. The van der Waals surface area contributed by atoms with Gasteiger partial charge in [0.05, 0.1) is 24.9 Å². The number of hydrogen-bond acceptors (Lipinski definition) is 7. The minimum absolute atomic E-state index is 0.499. The Hall–Kier alpha value is -2.85. The Bertz CT molecular complexity index is 996. The van der Waals surface area contributed by atoms with Crippen molar-refractivity contribution in [1.29, 1.82) is 5.26 Å². The number of nitrogens with one attached hydrogen (secondary N) is 2. The van der Waals surface area contributed by atoms with Gasteiger partial charge in [0, 0.05) is 18.3 Å². The lowest BCUT2D eigenvalue weighted by Crippen LogP contribution is -2.49. The van der Waals surface area contributed by atoms with Crippen molar-refractivity contribution in [2.45, 2.75) is 56.9 Å². The van der Waals surface area contributed by atoms with Gasteiger partial charge >= 0.3 is 0 Å². The number of benzene rings is 1. The van der Waals surface area contributed by atoms with Gasteiger partial charge in [-0.15, -0.1) is 0 Å². The second-order valence-electron chi connectivity index (χ2n) is 9.31. The van der Waals surface area contributed by atoms with Crippen LogP contribution in [0.2, 0.25) is 0 Å². The summed E-state index contributed by atoms with van der Waals surface area (Å²) < 4.78 is 5.51. The maximum atomic E-state index is 9.54. The Balaban J connectivity index is 1.29. The third kappa shape index (κ3) is 4.51. The molecule has 168 valence electrons. The number of rotatable bonds is 7. The summed E-state index contributed by atoms with van der Waals surface area (Å²) in [6, 6.07) is 8.98. The smallest absolute Gasteiger partial charge is 0.229 e. The molecule has 5 rings (SSSR count). The highest BCUT2D eigenvalue weighted by molar-refractivity contribution is 5.61. The normalized spacial score (nSPS) is 23.1. The lowest BCUT2D eigenvalue weighted by atomic mass is 9.83. The van der Waals surface area contributed by atoms with Crippen molar-refractivity contribution in [2.75, 3.05) is 37.4 Å². The van der Waals surface area contributed by atoms with Crippen LogP contribution in [0, 0.1) is 17.2 Å². The maximum Gasteiger partial charge on any atom is 0.229 e. The Morgan fingerprint density at radius 3 is 2.84 bits per heavy atom. The van der Waals surface area contributed by atoms with E-state index in [0.717, 1.165) is 23.4 Å². The van der Waals surface area contributed by atoms with Crippen LogP contribution < -0.4 is 15.4 Å². The molecule has 1 aliphatic carbocycles. The molecule has 1 aromatic heterocycles. The number of nitriles is 1. The highest BCUT2D eigenvalue weighted by Gasteiger charge is 2.33. The molecule has 0 amide bonds. The Morgan fingerprint density at radius 1 is 1.16 bits per heavy atom. The van der Waals surface area contributed by atoms with E-state index in [1.807, 2.05) is 12.1 Å². The van der Waals surface area contributed by atoms with Crippen molar-refractivity contribution in [3.63, 3.8) is 0 Å². The van der Waals surface area contributed by atoms with E-state index in [2.05, 4.69) is 32.7 Å². The zero-order valence-electron chi connectivity index (χ0n) is 18.8. The zero-order valence-corrected chi connectivity index (χ0v) is 18.8. The van der Waals surface area contributed by atoms with E-state index in [4.69, 9.17) is 9.72 Å². The van der Waals surface area contributed by atoms with Crippen molar-refractivity contribution in [1.82, 2.24) is 14.9 Å². The lowest BCUT2D eigenvalue weighted by Gasteiger charge is -2.44. The first kappa shape index (κ1) is 21.0. The number of ether oxygens (including phenoxy) is 1. The number of fused-ring (bicyclic) bond motifs is 1. The molecule has 2 N–H and O–H groups in total. The molecule has 0 spiro atoms. The molecule has 3 fully saturated rings. The molecule has 2 atom stereocenters. The highest BCUT2D eigenvalue weighted by Crippen LogP contribution is 2.42. The molecule has 2 saturated heterocycles. The number of nitrogens with zero attached hydrogens (tertiary/aromatic N) is 4. The summed E-state index contributed by atoms with van der Waals surface area (Å²) in [6.45, 7) is 3.38. The number of aromatic nitrogens is 2. The van der Waals surface area contributed by atoms with Gasteiger partial charge in [-0.2, -0.15) is 10.2 Å². The van der Waals surface area contributed by atoms with Crippen LogP contribution in [0.4, 0.5) is 17.5 Å². The third-order valence-corrected chi connectivity index (χ3v) is 7.18. The predicted octanol–water partition coefficient (Wildman–Crippen LogP) is 4.65. The summed E-state index contributed by atoms with van der Waals surface area (Å²) in [5, 5.41) is 16.4. The summed E-state index contributed by atoms with van der Waals surface area (Å²) in [6.07, 6.45) is 10.6. The minimum atomic E-state index is 0.499. The third-order valence-electron chi connectivity index (χ3n) is 7.18. The molecule has 2 aliphatic heterocycles. The van der Waals surface area contributed by atoms with E-state index in [1.165, 1.54) is 58.0 Å². The first-order valence-corrected chi connectivity index (χ1v) is 11.9. The molecular formula is C25H32N6O. The van der Waals surface area contributed by atoms with E-state index < -0.39 is 0 Å². The summed E-state index contributed by atoms with van der Waals surface area (Å²) in [7, 11) is 1.65. The molecule has 2 unspecified atom stereocenters. The fraction of sp³-hybridized carbons (Fsp3) is 0.560.